The molecule has 0 aromatic carbocycles. The SMILES string of the molecule is CC[n+]1ccccc1C(CP)(C1CCCC1)C1CCCC1. The Morgan fingerprint density at radius 1 is 1.05 bits per heavy atom. The van der Waals surface area contributed by atoms with Crippen LogP contribution in [-0.2, 0) is 12.0 Å². The molecule has 1 unspecified atom stereocenters. The molecule has 2 aliphatic carbocycles. The van der Waals surface area contributed by atoms with Crippen LogP contribution in [0.25, 0.3) is 0 Å². The van der Waals surface area contributed by atoms with Crippen molar-refractivity contribution in [3.8, 4) is 0 Å². The quantitative estimate of drug-likeness (QED) is 0.557. The Bertz CT molecular complexity index is 442. The molecule has 0 aliphatic heterocycles. The molecule has 0 saturated heterocycles. The lowest BCUT2D eigenvalue weighted by molar-refractivity contribution is -0.705. The first-order valence-electron chi connectivity index (χ1n) is 9.02. The fourth-order valence-electron chi connectivity index (χ4n) is 5.25. The molecular weight excluding hydrogens is 273 g/mol. The number of hydrogen-bond acceptors (Lipinski definition) is 0. The molecule has 0 bridgehead atoms. The summed E-state index contributed by atoms with van der Waals surface area (Å²) in [4.78, 5) is 0. The van der Waals surface area contributed by atoms with Gasteiger partial charge in [0.15, 0.2) is 11.9 Å². The minimum absolute atomic E-state index is 0.412. The van der Waals surface area contributed by atoms with E-state index >= 15 is 0 Å². The van der Waals surface area contributed by atoms with E-state index in [9.17, 15) is 0 Å². The zero-order valence-corrected chi connectivity index (χ0v) is 14.7. The molecule has 2 heteroatoms. The van der Waals surface area contributed by atoms with E-state index in [2.05, 4.69) is 45.1 Å². The molecule has 0 N–H and O–H groups in total. The molecule has 2 fully saturated rings. The molecule has 1 heterocycles. The number of nitrogens with zero attached hydrogens (tertiary/aromatic N) is 1. The molecule has 1 nitrogen and oxygen atoms in total. The van der Waals surface area contributed by atoms with Gasteiger partial charge >= 0.3 is 0 Å². The summed E-state index contributed by atoms with van der Waals surface area (Å²) in [6.45, 7) is 3.39. The predicted octanol–water partition coefficient (Wildman–Crippen LogP) is 4.49. The first-order valence-corrected chi connectivity index (χ1v) is 9.83. The van der Waals surface area contributed by atoms with Crippen LogP contribution < -0.4 is 4.57 Å². The number of hydrogen-bond donors (Lipinski definition) is 0. The minimum Gasteiger partial charge on any atom is -0.202 e. The summed E-state index contributed by atoms with van der Waals surface area (Å²) in [7, 11) is 3.14. The zero-order chi connectivity index (χ0) is 14.7. The maximum absolute atomic E-state index is 3.14. The van der Waals surface area contributed by atoms with E-state index in [1.807, 2.05) is 0 Å². The van der Waals surface area contributed by atoms with Crippen molar-refractivity contribution in [2.45, 2.75) is 70.3 Å². The van der Waals surface area contributed by atoms with Crippen LogP contribution in [0.1, 0.15) is 64.0 Å². The van der Waals surface area contributed by atoms with Crippen LogP contribution in [0.3, 0.4) is 0 Å². The molecule has 1 aromatic heterocycles. The van der Waals surface area contributed by atoms with Crippen LogP contribution in [0.15, 0.2) is 24.4 Å². The number of aromatic nitrogens is 1. The van der Waals surface area contributed by atoms with Crippen LogP contribution in [-0.4, -0.2) is 6.16 Å². The highest BCUT2D eigenvalue weighted by Gasteiger charge is 2.51. The Morgan fingerprint density at radius 3 is 2.10 bits per heavy atom. The second-order valence-corrected chi connectivity index (χ2v) is 7.49. The molecule has 116 valence electrons. The van der Waals surface area contributed by atoms with Gasteiger partial charge < -0.3 is 0 Å². The summed E-state index contributed by atoms with van der Waals surface area (Å²) >= 11 is 0. The Labute approximate surface area is 132 Å². The van der Waals surface area contributed by atoms with Gasteiger partial charge in [0.05, 0.1) is 5.41 Å². The molecule has 2 aliphatic rings. The Balaban J connectivity index is 2.09. The summed E-state index contributed by atoms with van der Waals surface area (Å²) in [6.07, 6.45) is 15.1. The van der Waals surface area contributed by atoms with Crippen molar-refractivity contribution in [2.75, 3.05) is 6.16 Å². The largest absolute Gasteiger partial charge is 0.202 e. The molecule has 1 aromatic rings. The summed E-state index contributed by atoms with van der Waals surface area (Å²) in [5.74, 6) is 1.80. The van der Waals surface area contributed by atoms with E-state index in [1.165, 1.54) is 57.5 Å². The Morgan fingerprint density at radius 2 is 1.62 bits per heavy atom. The Kier molecular flexibility index (Phi) is 4.99. The molecule has 2 saturated carbocycles. The van der Waals surface area contributed by atoms with Crippen LogP contribution in [0, 0.1) is 11.8 Å². The van der Waals surface area contributed by atoms with Crippen molar-refractivity contribution < 1.29 is 4.57 Å². The monoisotopic (exact) mass is 304 g/mol. The second-order valence-electron chi connectivity index (χ2n) is 7.08. The summed E-state index contributed by atoms with van der Waals surface area (Å²) in [5.41, 5.74) is 2.04. The molecule has 3 rings (SSSR count). The van der Waals surface area contributed by atoms with Crippen molar-refractivity contribution >= 4 is 9.24 Å². The van der Waals surface area contributed by atoms with Crippen LogP contribution in [0.5, 0.6) is 0 Å². The smallest absolute Gasteiger partial charge is 0.188 e. The van der Waals surface area contributed by atoms with E-state index in [1.54, 1.807) is 5.69 Å². The van der Waals surface area contributed by atoms with Crippen LogP contribution in [0.2, 0.25) is 0 Å². The Hall–Kier alpha value is -0.420. The van der Waals surface area contributed by atoms with Gasteiger partial charge in [-0.2, -0.15) is 0 Å². The summed E-state index contributed by atoms with van der Waals surface area (Å²) in [6, 6.07) is 6.90. The highest BCUT2D eigenvalue weighted by molar-refractivity contribution is 7.16. The average Bonchev–Trinajstić information content (AvgIpc) is 3.23. The van der Waals surface area contributed by atoms with Crippen LogP contribution in [0.4, 0.5) is 0 Å². The van der Waals surface area contributed by atoms with E-state index in [0.717, 1.165) is 18.4 Å². The molecule has 1 atom stereocenters. The predicted molar refractivity (Wildman–Crippen MR) is 92.5 cm³/mol. The van der Waals surface area contributed by atoms with E-state index in [4.69, 9.17) is 0 Å². The van der Waals surface area contributed by atoms with Gasteiger partial charge in [0.2, 0.25) is 0 Å². The third-order valence-electron chi connectivity index (χ3n) is 6.26. The topological polar surface area (TPSA) is 3.88 Å². The molecule has 21 heavy (non-hydrogen) atoms. The minimum atomic E-state index is 0.412. The summed E-state index contributed by atoms with van der Waals surface area (Å²) in [5, 5.41) is 0. The second kappa shape index (κ2) is 6.78. The van der Waals surface area contributed by atoms with E-state index < -0.39 is 0 Å². The lowest BCUT2D eigenvalue weighted by Crippen LogP contribution is -2.52. The zero-order valence-electron chi connectivity index (χ0n) is 13.6. The third kappa shape index (κ3) is 2.67. The van der Waals surface area contributed by atoms with Gasteiger partial charge in [0.25, 0.3) is 0 Å². The average molecular weight is 304 g/mol. The van der Waals surface area contributed by atoms with Crippen molar-refractivity contribution in [3.05, 3.63) is 30.1 Å². The molecular formula is C19H31NP+. The van der Waals surface area contributed by atoms with Gasteiger partial charge in [-0.05, 0) is 50.6 Å². The number of rotatable bonds is 5. The van der Waals surface area contributed by atoms with E-state index in [-0.39, 0.29) is 0 Å². The maximum Gasteiger partial charge on any atom is 0.188 e. The van der Waals surface area contributed by atoms with Gasteiger partial charge in [-0.3, -0.25) is 0 Å². The lowest BCUT2D eigenvalue weighted by Gasteiger charge is -2.41. The normalized spacial score (nSPS) is 21.2. The van der Waals surface area contributed by atoms with Crippen molar-refractivity contribution in [2.24, 2.45) is 11.8 Å². The molecule has 0 spiro atoms. The van der Waals surface area contributed by atoms with Gasteiger partial charge in [0, 0.05) is 12.1 Å². The maximum atomic E-state index is 3.14. The first kappa shape index (κ1) is 15.5. The molecule has 0 radical (unpaired) electrons. The lowest BCUT2D eigenvalue weighted by atomic mass is 9.63. The van der Waals surface area contributed by atoms with E-state index in [0.29, 0.717) is 5.41 Å². The third-order valence-corrected chi connectivity index (χ3v) is 6.94. The first-order chi connectivity index (χ1) is 10.3. The summed E-state index contributed by atoms with van der Waals surface area (Å²) < 4.78 is 2.53. The fraction of sp³-hybridized carbons (Fsp3) is 0.737. The number of pyridine rings is 1. The highest BCUT2D eigenvalue weighted by Crippen LogP contribution is 2.52. The van der Waals surface area contributed by atoms with Crippen molar-refractivity contribution in [1.29, 1.82) is 0 Å². The van der Waals surface area contributed by atoms with Crippen LogP contribution >= 0.6 is 9.24 Å². The van der Waals surface area contributed by atoms with Gasteiger partial charge in [-0.15, -0.1) is 9.24 Å². The standard InChI is InChI=1S/C19H31NP/c1-2-20-14-8-7-13-18(20)19(15-21,16-9-3-4-10-16)17-11-5-6-12-17/h7-8,13-14,16-17H,2-6,9-12,15,21H2,1H3/q+1. The van der Waals surface area contributed by atoms with Crippen molar-refractivity contribution in [1.82, 2.24) is 0 Å². The molecule has 0 amide bonds. The van der Waals surface area contributed by atoms with Gasteiger partial charge in [-0.25, -0.2) is 4.57 Å². The van der Waals surface area contributed by atoms with Gasteiger partial charge in [-0.1, -0.05) is 31.7 Å². The highest BCUT2D eigenvalue weighted by atomic mass is 31.0. The van der Waals surface area contributed by atoms with Crippen molar-refractivity contribution in [3.63, 3.8) is 0 Å². The fourth-order valence-corrected chi connectivity index (χ4v) is 6.12. The van der Waals surface area contributed by atoms with Gasteiger partial charge in [0.1, 0.15) is 6.54 Å². The number of aryl methyl sites for hydroxylation is 1.